The van der Waals surface area contributed by atoms with Gasteiger partial charge in [0, 0.05) is 0 Å². The van der Waals surface area contributed by atoms with E-state index in [9.17, 15) is 39.5 Å². The summed E-state index contributed by atoms with van der Waals surface area (Å²) in [6.45, 7) is 0. The number of benzene rings is 1. The van der Waals surface area contributed by atoms with Crippen LogP contribution in [0.3, 0.4) is 0 Å². The van der Waals surface area contributed by atoms with Crippen LogP contribution >= 0.6 is 0 Å². The Labute approximate surface area is 93.0 Å². The van der Waals surface area contributed by atoms with Crippen molar-refractivity contribution in [2.45, 2.75) is 12.4 Å². The zero-order valence-corrected chi connectivity index (χ0v) is 7.98. The van der Waals surface area contributed by atoms with E-state index in [0.29, 0.717) is 0 Å². The molecule has 0 fully saturated rings. The van der Waals surface area contributed by atoms with Crippen molar-refractivity contribution < 1.29 is 39.5 Å². The highest BCUT2D eigenvalue weighted by atomic mass is 19.4. The summed E-state index contributed by atoms with van der Waals surface area (Å²) in [5.74, 6) is -8.32. The van der Waals surface area contributed by atoms with Gasteiger partial charge in [-0.1, -0.05) is 0 Å². The first-order chi connectivity index (χ1) is 7.89. The number of hydrogen-bond donors (Lipinski definition) is 1. The van der Waals surface area contributed by atoms with Gasteiger partial charge in [0.2, 0.25) is 0 Å². The highest BCUT2D eigenvalue weighted by Gasteiger charge is 2.47. The maximum absolute atomic E-state index is 13.0. The van der Waals surface area contributed by atoms with Crippen LogP contribution in [0, 0.1) is 17.5 Å². The highest BCUT2D eigenvalue weighted by Crippen LogP contribution is 2.43. The number of rotatable bonds is 0. The van der Waals surface area contributed by atoms with E-state index in [1.807, 2.05) is 0 Å². The van der Waals surface area contributed by atoms with Crippen LogP contribution in [-0.4, -0.2) is 0 Å². The molecular formula is C8H2F9N. The fraction of sp³-hybridized carbons (Fsp3) is 0.250. The molecule has 0 heterocycles. The lowest BCUT2D eigenvalue weighted by Crippen LogP contribution is -2.21. The molecule has 2 N–H and O–H groups in total. The second-order valence-corrected chi connectivity index (χ2v) is 3.10. The van der Waals surface area contributed by atoms with Crippen molar-refractivity contribution in [3.63, 3.8) is 0 Å². The van der Waals surface area contributed by atoms with Crippen LogP contribution in [0.25, 0.3) is 0 Å². The first-order valence-corrected chi connectivity index (χ1v) is 3.99. The minimum absolute atomic E-state index is 2.05. The summed E-state index contributed by atoms with van der Waals surface area (Å²) in [4.78, 5) is 0. The Morgan fingerprint density at radius 1 is 0.611 bits per heavy atom. The van der Waals surface area contributed by atoms with E-state index in [1.165, 1.54) is 0 Å². The molecular weight excluding hydrogens is 281 g/mol. The fourth-order valence-electron chi connectivity index (χ4n) is 1.18. The van der Waals surface area contributed by atoms with Crippen molar-refractivity contribution in [3.8, 4) is 0 Å². The number of alkyl halides is 6. The first kappa shape index (κ1) is 14.5. The largest absolute Gasteiger partial charge is 0.422 e. The molecule has 10 heteroatoms. The van der Waals surface area contributed by atoms with Crippen molar-refractivity contribution in [3.05, 3.63) is 28.6 Å². The molecule has 0 aliphatic heterocycles. The molecule has 0 saturated heterocycles. The number of halogens is 9. The number of hydrogen-bond acceptors (Lipinski definition) is 1. The van der Waals surface area contributed by atoms with Crippen LogP contribution in [-0.2, 0) is 12.4 Å². The zero-order valence-electron chi connectivity index (χ0n) is 7.98. The monoisotopic (exact) mass is 283 g/mol. The van der Waals surface area contributed by atoms with Crippen LogP contribution in [0.1, 0.15) is 11.1 Å². The van der Waals surface area contributed by atoms with E-state index in [1.54, 1.807) is 0 Å². The summed E-state index contributed by atoms with van der Waals surface area (Å²) in [7, 11) is 0. The standard InChI is InChI=1S/C8H2F9N/c9-3-1(7(12,13)14)4(10)6(18)5(11)2(3)8(15,16)17/h18H2. The first-order valence-electron chi connectivity index (χ1n) is 3.99. The van der Waals surface area contributed by atoms with Gasteiger partial charge in [-0.15, -0.1) is 0 Å². The van der Waals surface area contributed by atoms with Crippen molar-refractivity contribution in [1.82, 2.24) is 0 Å². The van der Waals surface area contributed by atoms with Crippen LogP contribution < -0.4 is 5.73 Å². The molecule has 0 radical (unpaired) electrons. The molecule has 102 valence electrons. The molecule has 1 aromatic rings. The fourth-order valence-corrected chi connectivity index (χ4v) is 1.18. The van der Waals surface area contributed by atoms with Gasteiger partial charge in [-0.05, 0) is 0 Å². The Balaban J connectivity index is 3.83. The third kappa shape index (κ3) is 2.18. The van der Waals surface area contributed by atoms with Crippen LogP contribution in [0.2, 0.25) is 0 Å². The van der Waals surface area contributed by atoms with E-state index in [4.69, 9.17) is 0 Å². The van der Waals surface area contributed by atoms with Crippen molar-refractivity contribution >= 4 is 5.69 Å². The zero-order chi connectivity index (χ0) is 14.5. The molecule has 0 aliphatic rings. The number of nitrogens with two attached hydrogens (primary N) is 1. The molecule has 0 atom stereocenters. The highest BCUT2D eigenvalue weighted by molar-refractivity contribution is 5.51. The Morgan fingerprint density at radius 3 is 1.11 bits per heavy atom. The van der Waals surface area contributed by atoms with Gasteiger partial charge in [0.25, 0.3) is 0 Å². The Hall–Kier alpha value is -1.61. The number of anilines is 1. The third-order valence-electron chi connectivity index (χ3n) is 1.92. The maximum atomic E-state index is 13.0. The van der Waals surface area contributed by atoms with E-state index < -0.39 is 46.6 Å². The van der Waals surface area contributed by atoms with Gasteiger partial charge in [0.15, 0.2) is 17.5 Å². The van der Waals surface area contributed by atoms with Gasteiger partial charge in [-0.3, -0.25) is 0 Å². The van der Waals surface area contributed by atoms with Crippen LogP contribution in [0.4, 0.5) is 45.2 Å². The molecule has 0 unspecified atom stereocenters. The molecule has 0 aliphatic carbocycles. The summed E-state index contributed by atoms with van der Waals surface area (Å²) in [6.07, 6.45) is -11.6. The summed E-state index contributed by atoms with van der Waals surface area (Å²) >= 11 is 0. The molecule has 1 nitrogen and oxygen atoms in total. The molecule has 0 aromatic heterocycles. The molecule has 1 rings (SSSR count). The Kier molecular flexibility index (Phi) is 3.17. The van der Waals surface area contributed by atoms with Gasteiger partial charge in [-0.2, -0.15) is 26.3 Å². The SMILES string of the molecule is Nc1c(F)c(C(F)(F)F)c(F)c(C(F)(F)F)c1F. The van der Waals surface area contributed by atoms with Crippen molar-refractivity contribution in [1.29, 1.82) is 0 Å². The minimum atomic E-state index is -5.78. The summed E-state index contributed by atoms with van der Waals surface area (Å²) in [5, 5.41) is 0. The normalized spacial score (nSPS) is 12.9. The summed E-state index contributed by atoms with van der Waals surface area (Å²) < 4.78 is 112. The van der Waals surface area contributed by atoms with E-state index in [2.05, 4.69) is 5.73 Å². The Morgan fingerprint density at radius 2 is 0.889 bits per heavy atom. The topological polar surface area (TPSA) is 26.0 Å². The van der Waals surface area contributed by atoms with Crippen LogP contribution in [0.15, 0.2) is 0 Å². The van der Waals surface area contributed by atoms with E-state index in [-0.39, 0.29) is 0 Å². The van der Waals surface area contributed by atoms with Crippen molar-refractivity contribution in [2.24, 2.45) is 0 Å². The summed E-state index contributed by atoms with van der Waals surface area (Å²) in [5.41, 5.74) is -3.38. The van der Waals surface area contributed by atoms with Gasteiger partial charge >= 0.3 is 12.4 Å². The van der Waals surface area contributed by atoms with Gasteiger partial charge in [0.1, 0.15) is 16.8 Å². The predicted molar refractivity (Wildman–Crippen MR) is 40.7 cm³/mol. The molecule has 0 spiro atoms. The summed E-state index contributed by atoms with van der Waals surface area (Å²) in [6, 6.07) is 0. The maximum Gasteiger partial charge on any atom is 0.422 e. The quantitative estimate of drug-likeness (QED) is 0.570. The average molecular weight is 283 g/mol. The molecule has 18 heavy (non-hydrogen) atoms. The number of nitrogen functional groups attached to an aromatic ring is 1. The molecule has 1 aromatic carbocycles. The smallest absolute Gasteiger partial charge is 0.394 e. The van der Waals surface area contributed by atoms with Crippen LogP contribution in [0.5, 0.6) is 0 Å². The van der Waals surface area contributed by atoms with Gasteiger partial charge in [-0.25, -0.2) is 13.2 Å². The van der Waals surface area contributed by atoms with Gasteiger partial charge in [0.05, 0.1) is 0 Å². The second kappa shape index (κ2) is 3.95. The van der Waals surface area contributed by atoms with E-state index in [0.717, 1.165) is 0 Å². The lowest BCUT2D eigenvalue weighted by atomic mass is 10.1. The predicted octanol–water partition coefficient (Wildman–Crippen LogP) is 3.72. The Bertz CT molecular complexity index is 444. The lowest BCUT2D eigenvalue weighted by Gasteiger charge is -2.16. The molecule has 0 bridgehead atoms. The average Bonchev–Trinajstić information content (AvgIpc) is 2.09. The van der Waals surface area contributed by atoms with Gasteiger partial charge < -0.3 is 5.73 Å². The molecule has 0 amide bonds. The molecule has 0 saturated carbocycles. The minimum Gasteiger partial charge on any atom is -0.394 e. The second-order valence-electron chi connectivity index (χ2n) is 3.10. The third-order valence-corrected chi connectivity index (χ3v) is 1.92. The van der Waals surface area contributed by atoms with Crippen molar-refractivity contribution in [2.75, 3.05) is 5.73 Å². The lowest BCUT2D eigenvalue weighted by molar-refractivity contribution is -0.150. The van der Waals surface area contributed by atoms with E-state index >= 15 is 0 Å².